The van der Waals surface area contributed by atoms with Crippen LogP contribution in [0.15, 0.2) is 18.3 Å². The molecule has 0 aromatic carbocycles. The molecule has 1 amide bonds. The predicted octanol–water partition coefficient (Wildman–Crippen LogP) is 1.00. The van der Waals surface area contributed by atoms with Crippen molar-refractivity contribution in [1.82, 2.24) is 9.88 Å². The topological polar surface area (TPSA) is 71.2 Å². The van der Waals surface area contributed by atoms with E-state index in [0.717, 1.165) is 7.05 Å². The Morgan fingerprint density at radius 1 is 1.59 bits per heavy atom. The molecule has 94 valence electrons. The lowest BCUT2D eigenvalue weighted by atomic mass is 10.2. The molecule has 0 saturated heterocycles. The molecule has 17 heavy (non-hydrogen) atoms. The summed E-state index contributed by atoms with van der Waals surface area (Å²) in [6.07, 6.45) is -3.07. The SMILES string of the molecule is CN(CC(F)(F)F)C(=O)c1cccnc1NN. The van der Waals surface area contributed by atoms with Crippen LogP contribution >= 0.6 is 0 Å². The van der Waals surface area contributed by atoms with Crippen molar-refractivity contribution in [2.75, 3.05) is 19.0 Å². The van der Waals surface area contributed by atoms with E-state index in [1.807, 2.05) is 0 Å². The van der Waals surface area contributed by atoms with Gasteiger partial charge >= 0.3 is 6.18 Å². The summed E-state index contributed by atoms with van der Waals surface area (Å²) in [5.74, 6) is 4.34. The number of nitrogen functional groups attached to an aromatic ring is 1. The lowest BCUT2D eigenvalue weighted by Crippen LogP contribution is -2.36. The molecule has 8 heteroatoms. The van der Waals surface area contributed by atoms with E-state index >= 15 is 0 Å². The van der Waals surface area contributed by atoms with Crippen molar-refractivity contribution in [2.45, 2.75) is 6.18 Å². The Hall–Kier alpha value is -1.83. The monoisotopic (exact) mass is 248 g/mol. The highest BCUT2D eigenvalue weighted by Crippen LogP contribution is 2.18. The number of aromatic nitrogens is 1. The van der Waals surface area contributed by atoms with Gasteiger partial charge in [0.1, 0.15) is 6.54 Å². The molecule has 0 spiro atoms. The quantitative estimate of drug-likeness (QED) is 0.618. The third-order valence-electron chi connectivity index (χ3n) is 1.94. The molecule has 1 heterocycles. The highest BCUT2D eigenvalue weighted by molar-refractivity contribution is 5.98. The molecule has 5 nitrogen and oxygen atoms in total. The van der Waals surface area contributed by atoms with Crippen LogP contribution in [-0.4, -0.2) is 35.6 Å². The Labute approximate surface area is 95.4 Å². The molecule has 0 unspecified atom stereocenters. The van der Waals surface area contributed by atoms with Gasteiger partial charge in [0.05, 0.1) is 5.56 Å². The van der Waals surface area contributed by atoms with Crippen LogP contribution in [0.25, 0.3) is 0 Å². The van der Waals surface area contributed by atoms with Gasteiger partial charge in [0.2, 0.25) is 0 Å². The van der Waals surface area contributed by atoms with Gasteiger partial charge in [-0.1, -0.05) is 0 Å². The van der Waals surface area contributed by atoms with Crippen molar-refractivity contribution in [3.63, 3.8) is 0 Å². The molecule has 1 rings (SSSR count). The summed E-state index contributed by atoms with van der Waals surface area (Å²) in [6.45, 7) is -1.33. The number of alkyl halides is 3. The molecular formula is C9H11F3N4O. The van der Waals surface area contributed by atoms with E-state index in [2.05, 4.69) is 10.4 Å². The average Bonchev–Trinajstić information content (AvgIpc) is 2.25. The van der Waals surface area contributed by atoms with Crippen molar-refractivity contribution in [3.8, 4) is 0 Å². The second-order valence-electron chi connectivity index (χ2n) is 3.32. The minimum atomic E-state index is -4.44. The fourth-order valence-electron chi connectivity index (χ4n) is 1.24. The van der Waals surface area contributed by atoms with Gasteiger partial charge in [-0.15, -0.1) is 0 Å². The van der Waals surface area contributed by atoms with Crippen LogP contribution in [0.3, 0.4) is 0 Å². The van der Waals surface area contributed by atoms with Crippen molar-refractivity contribution in [3.05, 3.63) is 23.9 Å². The molecular weight excluding hydrogens is 237 g/mol. The first-order valence-corrected chi connectivity index (χ1v) is 4.59. The van der Waals surface area contributed by atoms with Crippen LogP contribution in [-0.2, 0) is 0 Å². The standard InChI is InChI=1S/C9H11F3N4O/c1-16(5-9(10,11)12)8(17)6-3-2-4-14-7(6)15-13/h2-4H,5,13H2,1H3,(H,14,15). The van der Waals surface area contributed by atoms with Crippen molar-refractivity contribution in [2.24, 2.45) is 5.84 Å². The largest absolute Gasteiger partial charge is 0.406 e. The van der Waals surface area contributed by atoms with Crippen LogP contribution in [0.5, 0.6) is 0 Å². The molecule has 0 bridgehead atoms. The fraction of sp³-hybridized carbons (Fsp3) is 0.333. The van der Waals surface area contributed by atoms with E-state index < -0.39 is 18.6 Å². The van der Waals surface area contributed by atoms with Crippen molar-refractivity contribution >= 4 is 11.7 Å². The predicted molar refractivity (Wildman–Crippen MR) is 55.1 cm³/mol. The maximum absolute atomic E-state index is 12.1. The minimum Gasteiger partial charge on any atom is -0.332 e. The zero-order valence-electron chi connectivity index (χ0n) is 8.95. The van der Waals surface area contributed by atoms with Gasteiger partial charge in [-0.25, -0.2) is 10.8 Å². The molecule has 0 aliphatic heterocycles. The van der Waals surface area contributed by atoms with Gasteiger partial charge in [-0.2, -0.15) is 13.2 Å². The summed E-state index contributed by atoms with van der Waals surface area (Å²) >= 11 is 0. The summed E-state index contributed by atoms with van der Waals surface area (Å²) in [5, 5.41) is 0. The first-order valence-electron chi connectivity index (χ1n) is 4.59. The van der Waals surface area contributed by atoms with E-state index in [1.54, 1.807) is 0 Å². The van der Waals surface area contributed by atoms with Crippen LogP contribution in [0.2, 0.25) is 0 Å². The fourth-order valence-corrected chi connectivity index (χ4v) is 1.24. The van der Waals surface area contributed by atoms with E-state index in [0.29, 0.717) is 4.90 Å². The van der Waals surface area contributed by atoms with Crippen LogP contribution in [0.4, 0.5) is 19.0 Å². The van der Waals surface area contributed by atoms with Gasteiger partial charge in [0, 0.05) is 13.2 Å². The van der Waals surface area contributed by atoms with E-state index in [-0.39, 0.29) is 11.4 Å². The highest BCUT2D eigenvalue weighted by atomic mass is 19.4. The number of amides is 1. The number of pyridine rings is 1. The molecule has 0 atom stereocenters. The first kappa shape index (κ1) is 13.2. The van der Waals surface area contributed by atoms with E-state index in [1.165, 1.54) is 18.3 Å². The Morgan fingerprint density at radius 3 is 2.76 bits per heavy atom. The van der Waals surface area contributed by atoms with Gasteiger partial charge < -0.3 is 10.3 Å². The second kappa shape index (κ2) is 5.00. The molecule has 3 N–H and O–H groups in total. The van der Waals surface area contributed by atoms with Gasteiger partial charge in [0.15, 0.2) is 5.82 Å². The normalized spacial score (nSPS) is 11.1. The average molecular weight is 248 g/mol. The maximum atomic E-state index is 12.1. The summed E-state index contributed by atoms with van der Waals surface area (Å²) in [4.78, 5) is 16.0. The lowest BCUT2D eigenvalue weighted by molar-refractivity contribution is -0.138. The van der Waals surface area contributed by atoms with Crippen LogP contribution < -0.4 is 11.3 Å². The molecule has 0 radical (unpaired) electrons. The number of nitrogens with zero attached hydrogens (tertiary/aromatic N) is 2. The molecule has 0 saturated carbocycles. The lowest BCUT2D eigenvalue weighted by Gasteiger charge is -2.19. The van der Waals surface area contributed by atoms with E-state index in [9.17, 15) is 18.0 Å². The number of nitrogens with two attached hydrogens (primary N) is 1. The minimum absolute atomic E-state index is 0.0123. The van der Waals surface area contributed by atoms with Crippen molar-refractivity contribution < 1.29 is 18.0 Å². The molecule has 0 fully saturated rings. The number of rotatable bonds is 3. The van der Waals surface area contributed by atoms with Crippen LogP contribution in [0, 0.1) is 0 Å². The summed E-state index contributed by atoms with van der Waals surface area (Å²) in [5.41, 5.74) is 2.14. The zero-order valence-corrected chi connectivity index (χ0v) is 8.95. The number of carbonyl (C=O) groups excluding carboxylic acids is 1. The molecule has 1 aromatic rings. The van der Waals surface area contributed by atoms with Crippen LogP contribution in [0.1, 0.15) is 10.4 Å². The Morgan fingerprint density at radius 2 is 2.24 bits per heavy atom. The van der Waals surface area contributed by atoms with Gasteiger partial charge in [0.25, 0.3) is 5.91 Å². The molecule has 0 aliphatic carbocycles. The molecule has 1 aromatic heterocycles. The number of nitrogens with one attached hydrogen (secondary N) is 1. The summed E-state index contributed by atoms with van der Waals surface area (Å²) < 4.78 is 36.3. The summed E-state index contributed by atoms with van der Waals surface area (Å²) in [7, 11) is 1.06. The third kappa shape index (κ3) is 3.59. The smallest absolute Gasteiger partial charge is 0.332 e. The number of carbonyl (C=O) groups is 1. The maximum Gasteiger partial charge on any atom is 0.406 e. The third-order valence-corrected chi connectivity index (χ3v) is 1.94. The number of hydrogen-bond donors (Lipinski definition) is 2. The van der Waals surface area contributed by atoms with Gasteiger partial charge in [-0.05, 0) is 12.1 Å². The van der Waals surface area contributed by atoms with Gasteiger partial charge in [-0.3, -0.25) is 4.79 Å². The Bertz CT molecular complexity index is 407. The summed E-state index contributed by atoms with van der Waals surface area (Å²) in [6, 6.07) is 2.78. The second-order valence-corrected chi connectivity index (χ2v) is 3.32. The molecule has 0 aliphatic rings. The van der Waals surface area contributed by atoms with E-state index in [4.69, 9.17) is 5.84 Å². The Kier molecular flexibility index (Phi) is 3.89. The van der Waals surface area contributed by atoms with Crippen molar-refractivity contribution in [1.29, 1.82) is 0 Å². The number of hydrogen-bond acceptors (Lipinski definition) is 4. The number of hydrazine groups is 1. The number of anilines is 1. The zero-order chi connectivity index (χ0) is 13.1. The Balaban J connectivity index is 2.89. The number of halogens is 3. The first-order chi connectivity index (χ1) is 7.85. The highest BCUT2D eigenvalue weighted by Gasteiger charge is 2.32.